The van der Waals surface area contributed by atoms with Crippen molar-refractivity contribution in [2.45, 2.75) is 96.8 Å². The Morgan fingerprint density at radius 3 is 0.491 bits per heavy atom. The van der Waals surface area contributed by atoms with Crippen LogP contribution in [-0.4, -0.2) is 138 Å². The highest BCUT2D eigenvalue weighted by atomic mass is 27.3. The second-order valence-corrected chi connectivity index (χ2v) is 13.1. The maximum atomic E-state index is 14.1. The van der Waals surface area contributed by atoms with Gasteiger partial charge in [-0.25, -0.2) is 35.1 Å². The molecule has 0 spiro atoms. The van der Waals surface area contributed by atoms with Crippen LogP contribution < -0.4 is 0 Å². The summed E-state index contributed by atoms with van der Waals surface area (Å²) in [4.78, 5) is 0. The molecule has 0 unspecified atom stereocenters. The Morgan fingerprint density at radius 2 is 0.386 bits per heavy atom. The maximum absolute atomic E-state index is 14.1. The molecule has 0 fully saturated rings. The predicted octanol–water partition coefficient (Wildman–Crippen LogP) is 10.2. The van der Waals surface area contributed by atoms with Gasteiger partial charge in [0.15, 0.2) is 0 Å². The van der Waals surface area contributed by atoms with Gasteiger partial charge in [-0.3, -0.25) is 0 Å². The topological polar surface area (TPSA) is 36.9 Å². The van der Waals surface area contributed by atoms with E-state index in [1.54, 1.807) is 0 Å². The van der Waals surface area contributed by atoms with Crippen LogP contribution in [0.1, 0.15) is 0 Å². The van der Waals surface area contributed by atoms with Crippen LogP contribution in [0.15, 0.2) is 0 Å². The number of rotatable bonds is 24. The van der Waals surface area contributed by atoms with Crippen molar-refractivity contribution in [3.05, 3.63) is 0 Å². The molecule has 344 valence electrons. The van der Waals surface area contributed by atoms with Gasteiger partial charge in [-0.05, 0) is 0 Å². The highest BCUT2D eigenvalue weighted by Gasteiger charge is 2.80. The third kappa shape index (κ3) is 9.86. The number of alkyl halides is 32. The second-order valence-electron chi connectivity index (χ2n) is 10.6. The summed E-state index contributed by atoms with van der Waals surface area (Å²) in [6.07, 6.45) is -24.1. The van der Waals surface area contributed by atoms with Gasteiger partial charge in [0, 0.05) is 0 Å². The second kappa shape index (κ2) is 16.5. The molecule has 0 atom stereocenters. The fraction of sp³-hybridized carbons (Fsp3) is 1.00. The highest BCUT2D eigenvalue weighted by molar-refractivity contribution is 6.53. The fourth-order valence-corrected chi connectivity index (χ4v) is 5.23. The monoisotopic (exact) mass is 951 g/mol. The minimum absolute atomic E-state index is 2.93. The summed E-state index contributed by atoms with van der Waals surface area (Å²) in [5, 5.41) is 0. The number of hydrogen-bond acceptors (Lipinski definition) is 4. The van der Waals surface area contributed by atoms with Gasteiger partial charge in [0.1, 0.15) is 0 Å². The van der Waals surface area contributed by atoms with Gasteiger partial charge in [0.2, 0.25) is 0 Å². The molecule has 0 amide bonds. The average molecular weight is 951 g/mol. The predicted molar refractivity (Wildman–Crippen MR) is 113 cm³/mol. The van der Waals surface area contributed by atoms with Gasteiger partial charge in [-0.1, -0.05) is 0 Å². The van der Waals surface area contributed by atoms with Crippen LogP contribution in [0.5, 0.6) is 0 Å². The van der Waals surface area contributed by atoms with Crippen LogP contribution in [0.2, 0.25) is 0 Å². The molecule has 57 heavy (non-hydrogen) atoms. The van der Waals surface area contributed by atoms with Crippen LogP contribution >= 0.6 is 0 Å². The van der Waals surface area contributed by atoms with Crippen LogP contribution in [0.25, 0.3) is 0 Å². The van der Waals surface area contributed by atoms with Crippen molar-refractivity contribution in [3.8, 4) is 0 Å². The van der Waals surface area contributed by atoms with E-state index in [1.165, 1.54) is 0 Å². The molecule has 0 rings (SSSR count). The molecule has 0 bridgehead atoms. The Morgan fingerprint density at radius 1 is 0.263 bits per heavy atom. The molecule has 37 heteroatoms. The lowest BCUT2D eigenvalue weighted by Crippen LogP contribution is -2.66. The van der Waals surface area contributed by atoms with Crippen LogP contribution in [0, 0.1) is 0 Å². The molecule has 0 aliphatic rings. The molecule has 0 aliphatic heterocycles. The summed E-state index contributed by atoms with van der Waals surface area (Å²) < 4.78 is 440. The first kappa shape index (κ1) is 55.1. The first-order chi connectivity index (χ1) is 24.6. The Kier molecular flexibility index (Phi) is 16.0. The third-order valence-corrected chi connectivity index (χ3v) is 8.78. The van der Waals surface area contributed by atoms with Crippen LogP contribution in [0.3, 0.4) is 0 Å². The summed E-state index contributed by atoms with van der Waals surface area (Å²) >= 11 is -9.31. The zero-order chi connectivity index (χ0) is 46.5. The quantitative estimate of drug-likeness (QED) is 0.0714. The zero-order valence-corrected chi connectivity index (χ0v) is 26.6. The summed E-state index contributed by atoms with van der Waals surface area (Å²) in [6, 6.07) is 0. The van der Waals surface area contributed by atoms with Gasteiger partial charge in [-0.15, -0.1) is 0 Å². The Hall–Kier alpha value is -1.87. The van der Waals surface area contributed by atoms with Crippen LogP contribution in [0.4, 0.5) is 140 Å². The lowest BCUT2D eigenvalue weighted by atomic mass is 10.1. The molecule has 0 heterocycles. The minimum atomic E-state index is -9.31. The van der Waals surface area contributed by atoms with Crippen molar-refractivity contribution in [2.75, 3.05) is 26.4 Å². The molecule has 0 aromatic heterocycles. The molecule has 0 aromatic carbocycles. The standard InChI is InChI=1S/4C5H3F8O.Al/c4*6-2(7)4(10,11)5(12,13)3(8,9)1-14;/h4*2H,1H2;/q4*-1;+3. The minimum Gasteiger partial charge on any atom is -0.582 e. The molecule has 0 saturated carbocycles. The molecule has 0 saturated heterocycles. The van der Waals surface area contributed by atoms with Crippen molar-refractivity contribution in [3.63, 3.8) is 0 Å². The van der Waals surface area contributed by atoms with E-state index >= 15 is 0 Å². The lowest BCUT2D eigenvalue weighted by Gasteiger charge is -2.44. The van der Waals surface area contributed by atoms with Crippen LogP contribution in [-0.2, 0) is 15.2 Å². The first-order valence-electron chi connectivity index (χ1n) is 12.9. The molecule has 0 aromatic rings. The van der Waals surface area contributed by atoms with E-state index in [2.05, 4.69) is 15.2 Å². The molecule has 0 N–H and O–H groups in total. The smallest absolute Gasteiger partial charge is 0.582 e. The van der Waals surface area contributed by atoms with E-state index in [0.29, 0.717) is 0 Å². The lowest BCUT2D eigenvalue weighted by molar-refractivity contribution is -0.356. The first-order valence-corrected chi connectivity index (χ1v) is 14.8. The van der Waals surface area contributed by atoms with Crippen molar-refractivity contribution >= 4 is 14.4 Å². The van der Waals surface area contributed by atoms with Gasteiger partial charge < -0.3 is 15.2 Å². The third-order valence-electron chi connectivity index (χ3n) is 6.48. The van der Waals surface area contributed by atoms with Crippen molar-refractivity contribution in [2.24, 2.45) is 0 Å². The molecule has 0 radical (unpaired) electrons. The summed E-state index contributed by atoms with van der Waals surface area (Å²) in [5.74, 6) is -91.1. The largest absolute Gasteiger partial charge is 0.876 e. The maximum Gasteiger partial charge on any atom is 0.876 e. The van der Waals surface area contributed by atoms with E-state index in [1.807, 2.05) is 0 Å². The highest BCUT2D eigenvalue weighted by Crippen LogP contribution is 2.53. The SMILES string of the molecule is FC(F)C(F)(F)C(F)(F)C(F)(F)C[O][Al-]([O]CC(F)(F)C(F)(F)C(F)(F)C(F)F)([O]CC(F)(F)C(F)(F)C(F)(F)C(F)F)[O]CC(F)(F)C(F)(F)C(F)(F)C(F)F. The van der Waals surface area contributed by atoms with Gasteiger partial charge >= 0.3 is 111 Å². The number of hydrogen-bond donors (Lipinski definition) is 0. The normalized spacial score (nSPS) is 16.2. The molecule has 0 aliphatic carbocycles. The van der Waals surface area contributed by atoms with Gasteiger partial charge in [0.25, 0.3) is 0 Å². The van der Waals surface area contributed by atoms with E-state index in [9.17, 15) is 140 Å². The van der Waals surface area contributed by atoms with E-state index in [-0.39, 0.29) is 0 Å². The number of halogens is 32. The molecular formula is C20H12AlF32O4-. The fourth-order valence-electron chi connectivity index (χ4n) is 3.00. The summed E-state index contributed by atoms with van der Waals surface area (Å²) in [5.41, 5.74) is 0. The van der Waals surface area contributed by atoms with E-state index in [0.717, 1.165) is 0 Å². The molecule has 4 nitrogen and oxygen atoms in total. The summed E-state index contributed by atoms with van der Waals surface area (Å²) in [7, 11) is 0. The van der Waals surface area contributed by atoms with E-state index < -0.39 is 138 Å². The van der Waals surface area contributed by atoms with Crippen molar-refractivity contribution < 1.29 is 156 Å². The van der Waals surface area contributed by atoms with Gasteiger partial charge in [0.05, 0.1) is 26.4 Å². The van der Waals surface area contributed by atoms with E-state index in [4.69, 9.17) is 0 Å². The Labute approximate surface area is 294 Å². The Bertz CT molecular complexity index is 1120. The summed E-state index contributed by atoms with van der Waals surface area (Å²) in [6.45, 7) is -18.1. The average Bonchev–Trinajstić information content (AvgIpc) is 3.02. The van der Waals surface area contributed by atoms with Crippen molar-refractivity contribution in [1.82, 2.24) is 0 Å². The Balaban J connectivity index is 7.94. The van der Waals surface area contributed by atoms with Crippen molar-refractivity contribution in [1.29, 1.82) is 0 Å². The van der Waals surface area contributed by atoms with Gasteiger partial charge in [-0.2, -0.15) is 105 Å². The molecular weight excluding hydrogens is 939 g/mol. The zero-order valence-electron chi connectivity index (χ0n) is 25.4.